The van der Waals surface area contributed by atoms with Crippen LogP contribution < -0.4 is 4.74 Å². The molecule has 0 saturated carbocycles. The molecule has 0 radical (unpaired) electrons. The molecule has 6 nitrogen and oxygen atoms in total. The number of rotatable bonds is 5. The molecule has 3 rings (SSSR count). The number of carboxylic acid groups (broad SMARTS) is 1. The van der Waals surface area contributed by atoms with Gasteiger partial charge in [-0.2, -0.15) is 0 Å². The van der Waals surface area contributed by atoms with Crippen LogP contribution in [0.5, 0.6) is 5.75 Å². The minimum absolute atomic E-state index is 0.0132. The number of nitrogens with zero attached hydrogens (tertiary/aromatic N) is 1. The zero-order valence-electron chi connectivity index (χ0n) is 13.6. The third-order valence-corrected chi connectivity index (χ3v) is 4.02. The number of aliphatic carboxylic acids is 1. The van der Waals surface area contributed by atoms with Crippen molar-refractivity contribution in [1.29, 1.82) is 0 Å². The number of carbonyl (C=O) groups is 2. The predicted molar refractivity (Wildman–Crippen MR) is 90.5 cm³/mol. The molecule has 2 aromatic rings. The normalized spacial score (nSPS) is 17.1. The standard InChI is InChI=1S/C19H19NO5/c21-18(20-10-11-24-13-17(20)19(22)23)15-6-8-16(9-7-15)25-12-14-4-2-1-3-5-14/h1-9,17H,10-13H2,(H,22,23). The van der Waals surface area contributed by atoms with Crippen molar-refractivity contribution in [3.8, 4) is 5.75 Å². The molecule has 1 amide bonds. The molecule has 130 valence electrons. The summed E-state index contributed by atoms with van der Waals surface area (Å²) in [7, 11) is 0. The van der Waals surface area contributed by atoms with Gasteiger partial charge in [-0.15, -0.1) is 0 Å². The van der Waals surface area contributed by atoms with Gasteiger partial charge in [-0.05, 0) is 29.8 Å². The average molecular weight is 341 g/mol. The molecule has 6 heteroatoms. The number of ether oxygens (including phenoxy) is 2. The van der Waals surface area contributed by atoms with E-state index in [0.29, 0.717) is 24.5 Å². The first-order valence-corrected chi connectivity index (χ1v) is 8.03. The quantitative estimate of drug-likeness (QED) is 0.902. The van der Waals surface area contributed by atoms with E-state index in [1.54, 1.807) is 24.3 Å². The Labute approximate surface area is 145 Å². The molecule has 1 aliphatic heterocycles. The molecule has 25 heavy (non-hydrogen) atoms. The summed E-state index contributed by atoms with van der Waals surface area (Å²) in [6, 6.07) is 15.6. The fourth-order valence-electron chi connectivity index (χ4n) is 2.65. The lowest BCUT2D eigenvalue weighted by molar-refractivity contribution is -0.147. The van der Waals surface area contributed by atoms with Crippen molar-refractivity contribution in [3.63, 3.8) is 0 Å². The van der Waals surface area contributed by atoms with Gasteiger partial charge in [0.2, 0.25) is 0 Å². The Morgan fingerprint density at radius 2 is 1.84 bits per heavy atom. The Morgan fingerprint density at radius 1 is 1.12 bits per heavy atom. The summed E-state index contributed by atoms with van der Waals surface area (Å²) in [5.41, 5.74) is 1.49. The van der Waals surface area contributed by atoms with E-state index in [2.05, 4.69) is 0 Å². The minimum atomic E-state index is -1.06. The molecule has 0 bridgehead atoms. The Balaban J connectivity index is 1.65. The topological polar surface area (TPSA) is 76.1 Å². The first-order chi connectivity index (χ1) is 12.1. The molecule has 0 aromatic heterocycles. The van der Waals surface area contributed by atoms with Gasteiger partial charge in [0, 0.05) is 12.1 Å². The number of carboxylic acids is 1. The Hall–Kier alpha value is -2.86. The Morgan fingerprint density at radius 3 is 2.52 bits per heavy atom. The van der Waals surface area contributed by atoms with E-state index in [9.17, 15) is 14.7 Å². The van der Waals surface area contributed by atoms with Gasteiger partial charge in [-0.1, -0.05) is 30.3 Å². The highest BCUT2D eigenvalue weighted by atomic mass is 16.5. The molecule has 1 aliphatic rings. The maximum Gasteiger partial charge on any atom is 0.328 e. The molecule has 1 saturated heterocycles. The summed E-state index contributed by atoms with van der Waals surface area (Å²) < 4.78 is 10.9. The van der Waals surface area contributed by atoms with Crippen LogP contribution in [0.3, 0.4) is 0 Å². The van der Waals surface area contributed by atoms with Crippen LogP contribution >= 0.6 is 0 Å². The predicted octanol–water partition coefficient (Wildman–Crippen LogP) is 2.19. The SMILES string of the molecule is O=C(O)C1COCCN1C(=O)c1ccc(OCc2ccccc2)cc1. The van der Waals surface area contributed by atoms with Gasteiger partial charge in [0.25, 0.3) is 5.91 Å². The van der Waals surface area contributed by atoms with Crippen LogP contribution in [0, 0.1) is 0 Å². The highest BCUT2D eigenvalue weighted by Crippen LogP contribution is 2.18. The van der Waals surface area contributed by atoms with Crippen molar-refractivity contribution in [2.45, 2.75) is 12.6 Å². The average Bonchev–Trinajstić information content (AvgIpc) is 2.67. The minimum Gasteiger partial charge on any atom is -0.489 e. The van der Waals surface area contributed by atoms with Crippen LogP contribution in [0.25, 0.3) is 0 Å². The summed E-state index contributed by atoms with van der Waals surface area (Å²) in [4.78, 5) is 25.2. The zero-order valence-corrected chi connectivity index (χ0v) is 13.6. The second-order valence-electron chi connectivity index (χ2n) is 5.73. The van der Waals surface area contributed by atoms with Gasteiger partial charge in [0.1, 0.15) is 12.4 Å². The molecule has 0 aliphatic carbocycles. The summed E-state index contributed by atoms with van der Waals surface area (Å²) in [6.07, 6.45) is 0. The first kappa shape index (κ1) is 17.0. The fourth-order valence-corrected chi connectivity index (χ4v) is 2.65. The van der Waals surface area contributed by atoms with Crippen molar-refractivity contribution < 1.29 is 24.2 Å². The molecule has 0 spiro atoms. The number of morpholine rings is 1. The number of benzene rings is 2. The maximum absolute atomic E-state index is 12.6. The van der Waals surface area contributed by atoms with E-state index >= 15 is 0 Å². The molecular weight excluding hydrogens is 322 g/mol. The number of carbonyl (C=O) groups excluding carboxylic acids is 1. The zero-order chi connectivity index (χ0) is 17.6. The highest BCUT2D eigenvalue weighted by molar-refractivity contribution is 5.96. The van der Waals surface area contributed by atoms with E-state index in [4.69, 9.17) is 9.47 Å². The maximum atomic E-state index is 12.6. The molecule has 1 atom stereocenters. The van der Waals surface area contributed by atoms with Gasteiger partial charge >= 0.3 is 5.97 Å². The molecule has 1 fully saturated rings. The van der Waals surface area contributed by atoms with E-state index in [0.717, 1.165) is 5.56 Å². The largest absolute Gasteiger partial charge is 0.489 e. The second kappa shape index (κ2) is 7.81. The van der Waals surface area contributed by atoms with Crippen molar-refractivity contribution in [2.24, 2.45) is 0 Å². The van der Waals surface area contributed by atoms with Crippen molar-refractivity contribution in [1.82, 2.24) is 4.90 Å². The Bertz CT molecular complexity index is 729. The highest BCUT2D eigenvalue weighted by Gasteiger charge is 2.33. The summed E-state index contributed by atoms with van der Waals surface area (Å²) in [5.74, 6) is -0.724. The summed E-state index contributed by atoms with van der Waals surface area (Å²) >= 11 is 0. The second-order valence-corrected chi connectivity index (χ2v) is 5.73. The molecule has 1 unspecified atom stereocenters. The Kier molecular flexibility index (Phi) is 5.30. The van der Waals surface area contributed by atoms with E-state index in [-0.39, 0.29) is 19.1 Å². The molecule has 1 heterocycles. The summed E-state index contributed by atoms with van der Waals surface area (Å²) in [5, 5.41) is 9.23. The van der Waals surface area contributed by atoms with Crippen molar-refractivity contribution >= 4 is 11.9 Å². The van der Waals surface area contributed by atoms with Crippen LogP contribution in [0.1, 0.15) is 15.9 Å². The number of amides is 1. The molecule has 2 aromatic carbocycles. The van der Waals surface area contributed by atoms with Gasteiger partial charge < -0.3 is 19.5 Å². The van der Waals surface area contributed by atoms with Crippen LogP contribution in [-0.2, 0) is 16.1 Å². The van der Waals surface area contributed by atoms with Crippen LogP contribution in [0.4, 0.5) is 0 Å². The van der Waals surface area contributed by atoms with E-state index in [1.165, 1.54) is 4.90 Å². The van der Waals surface area contributed by atoms with Crippen LogP contribution in [0.15, 0.2) is 54.6 Å². The lowest BCUT2D eigenvalue weighted by atomic mass is 10.1. The first-order valence-electron chi connectivity index (χ1n) is 8.03. The lowest BCUT2D eigenvalue weighted by Gasteiger charge is -2.32. The van der Waals surface area contributed by atoms with Gasteiger partial charge in [-0.3, -0.25) is 4.79 Å². The number of hydrogen-bond donors (Lipinski definition) is 1. The third-order valence-electron chi connectivity index (χ3n) is 4.02. The fraction of sp³-hybridized carbons (Fsp3) is 0.263. The van der Waals surface area contributed by atoms with E-state index < -0.39 is 12.0 Å². The summed E-state index contributed by atoms with van der Waals surface area (Å²) in [6.45, 7) is 1.06. The van der Waals surface area contributed by atoms with Gasteiger partial charge in [0.15, 0.2) is 6.04 Å². The lowest BCUT2D eigenvalue weighted by Crippen LogP contribution is -2.52. The van der Waals surface area contributed by atoms with Gasteiger partial charge in [-0.25, -0.2) is 4.79 Å². The smallest absolute Gasteiger partial charge is 0.328 e. The van der Waals surface area contributed by atoms with Crippen molar-refractivity contribution in [2.75, 3.05) is 19.8 Å². The number of hydrogen-bond acceptors (Lipinski definition) is 4. The molecule has 1 N–H and O–H groups in total. The van der Waals surface area contributed by atoms with Crippen molar-refractivity contribution in [3.05, 3.63) is 65.7 Å². The van der Waals surface area contributed by atoms with Crippen LogP contribution in [-0.4, -0.2) is 47.7 Å². The van der Waals surface area contributed by atoms with Crippen LogP contribution in [0.2, 0.25) is 0 Å². The molecular formula is C19H19NO5. The van der Waals surface area contributed by atoms with Gasteiger partial charge in [0.05, 0.1) is 13.2 Å². The third kappa shape index (κ3) is 4.16. The monoisotopic (exact) mass is 341 g/mol. The van der Waals surface area contributed by atoms with E-state index in [1.807, 2.05) is 30.3 Å².